The zero-order valence-corrected chi connectivity index (χ0v) is 11.9. The molecule has 0 unspecified atom stereocenters. The summed E-state index contributed by atoms with van der Waals surface area (Å²) in [6.07, 6.45) is 2.89. The van der Waals surface area contributed by atoms with Crippen LogP contribution in [0.5, 0.6) is 0 Å². The van der Waals surface area contributed by atoms with Gasteiger partial charge in [0.25, 0.3) is 10.0 Å². The SMILES string of the molecule is Nc1cc(F)c(Br)cc1S(=O)(=O)Nc1ccncc1. The van der Waals surface area contributed by atoms with E-state index in [1.807, 2.05) is 0 Å². The van der Waals surface area contributed by atoms with Crippen molar-refractivity contribution in [1.29, 1.82) is 0 Å². The number of rotatable bonds is 3. The van der Waals surface area contributed by atoms with Gasteiger partial charge in [-0.05, 0) is 40.2 Å². The molecule has 0 bridgehead atoms. The van der Waals surface area contributed by atoms with Crippen molar-refractivity contribution in [2.45, 2.75) is 4.90 Å². The van der Waals surface area contributed by atoms with Gasteiger partial charge >= 0.3 is 0 Å². The number of benzene rings is 1. The summed E-state index contributed by atoms with van der Waals surface area (Å²) in [5.41, 5.74) is 5.72. The summed E-state index contributed by atoms with van der Waals surface area (Å²) in [5.74, 6) is -0.625. The number of aromatic nitrogens is 1. The minimum Gasteiger partial charge on any atom is -0.398 e. The van der Waals surface area contributed by atoms with Gasteiger partial charge in [-0.15, -0.1) is 0 Å². The first-order valence-electron chi connectivity index (χ1n) is 5.07. The molecule has 2 rings (SSSR count). The molecule has 0 aliphatic carbocycles. The average Bonchev–Trinajstić information content (AvgIpc) is 2.34. The van der Waals surface area contributed by atoms with Gasteiger partial charge in [0.15, 0.2) is 0 Å². The fraction of sp³-hybridized carbons (Fsp3) is 0. The van der Waals surface area contributed by atoms with Gasteiger partial charge in [0.2, 0.25) is 0 Å². The molecule has 0 aliphatic heterocycles. The molecule has 0 spiro atoms. The van der Waals surface area contributed by atoms with Gasteiger partial charge < -0.3 is 5.73 Å². The van der Waals surface area contributed by atoms with Gasteiger partial charge in [-0.25, -0.2) is 12.8 Å². The number of hydrogen-bond acceptors (Lipinski definition) is 4. The van der Waals surface area contributed by atoms with E-state index in [1.54, 1.807) is 0 Å². The molecule has 100 valence electrons. The van der Waals surface area contributed by atoms with E-state index in [0.29, 0.717) is 5.69 Å². The lowest BCUT2D eigenvalue weighted by atomic mass is 10.3. The number of nitrogens with two attached hydrogens (primary N) is 1. The van der Waals surface area contributed by atoms with E-state index >= 15 is 0 Å². The van der Waals surface area contributed by atoms with Crippen molar-refractivity contribution >= 4 is 37.3 Å². The molecule has 1 heterocycles. The number of nitrogens with zero attached hydrogens (tertiary/aromatic N) is 1. The van der Waals surface area contributed by atoms with Crippen LogP contribution in [-0.2, 0) is 10.0 Å². The lowest BCUT2D eigenvalue weighted by Gasteiger charge is -2.10. The Kier molecular flexibility index (Phi) is 3.72. The van der Waals surface area contributed by atoms with Crippen molar-refractivity contribution < 1.29 is 12.8 Å². The van der Waals surface area contributed by atoms with Gasteiger partial charge in [0.05, 0.1) is 15.8 Å². The Labute approximate surface area is 117 Å². The van der Waals surface area contributed by atoms with Crippen LogP contribution in [-0.4, -0.2) is 13.4 Å². The highest BCUT2D eigenvalue weighted by molar-refractivity contribution is 9.10. The number of hydrogen-bond donors (Lipinski definition) is 2. The van der Waals surface area contributed by atoms with Crippen molar-refractivity contribution in [2.75, 3.05) is 10.5 Å². The largest absolute Gasteiger partial charge is 0.398 e. The Bertz CT molecular complexity index is 707. The van der Waals surface area contributed by atoms with Crippen molar-refractivity contribution in [2.24, 2.45) is 0 Å². The summed E-state index contributed by atoms with van der Waals surface area (Å²) >= 11 is 2.93. The third-order valence-electron chi connectivity index (χ3n) is 2.27. The van der Waals surface area contributed by atoms with E-state index < -0.39 is 15.8 Å². The molecule has 0 aliphatic rings. The topological polar surface area (TPSA) is 85.1 Å². The van der Waals surface area contributed by atoms with Crippen molar-refractivity contribution in [1.82, 2.24) is 4.98 Å². The number of pyridine rings is 1. The second-order valence-electron chi connectivity index (χ2n) is 3.65. The van der Waals surface area contributed by atoms with Gasteiger partial charge in [-0.2, -0.15) is 0 Å². The Morgan fingerprint density at radius 2 is 1.89 bits per heavy atom. The molecule has 1 aromatic heterocycles. The fourth-order valence-corrected chi connectivity index (χ4v) is 3.10. The van der Waals surface area contributed by atoms with Crippen LogP contribution >= 0.6 is 15.9 Å². The maximum Gasteiger partial charge on any atom is 0.263 e. The summed E-state index contributed by atoms with van der Waals surface area (Å²) in [7, 11) is -3.88. The van der Waals surface area contributed by atoms with Crippen LogP contribution in [0.2, 0.25) is 0 Å². The van der Waals surface area contributed by atoms with Crippen LogP contribution in [0.15, 0.2) is 46.0 Å². The predicted molar refractivity (Wildman–Crippen MR) is 73.6 cm³/mol. The van der Waals surface area contributed by atoms with Gasteiger partial charge in [0.1, 0.15) is 10.7 Å². The van der Waals surface area contributed by atoms with Gasteiger partial charge in [-0.1, -0.05) is 0 Å². The molecule has 0 saturated heterocycles. The average molecular weight is 346 g/mol. The first-order chi connectivity index (χ1) is 8.90. The first-order valence-corrected chi connectivity index (χ1v) is 7.35. The van der Waals surface area contributed by atoms with E-state index in [1.165, 1.54) is 24.5 Å². The van der Waals surface area contributed by atoms with Crippen LogP contribution in [0.4, 0.5) is 15.8 Å². The monoisotopic (exact) mass is 345 g/mol. The first kappa shape index (κ1) is 13.8. The molecule has 2 aromatic rings. The van der Waals surface area contributed by atoms with Crippen molar-refractivity contribution in [3.8, 4) is 0 Å². The van der Waals surface area contributed by atoms with E-state index in [-0.39, 0.29) is 15.1 Å². The highest BCUT2D eigenvalue weighted by Gasteiger charge is 2.19. The summed E-state index contributed by atoms with van der Waals surface area (Å²) in [4.78, 5) is 3.58. The van der Waals surface area contributed by atoms with E-state index in [4.69, 9.17) is 5.73 Å². The number of halogens is 2. The molecule has 0 amide bonds. The normalized spacial score (nSPS) is 11.3. The zero-order chi connectivity index (χ0) is 14.0. The summed E-state index contributed by atoms with van der Waals surface area (Å²) in [6.45, 7) is 0. The molecular formula is C11H9BrFN3O2S. The van der Waals surface area contributed by atoms with Crippen LogP contribution in [0.3, 0.4) is 0 Å². The van der Waals surface area contributed by atoms with Gasteiger partial charge in [0, 0.05) is 12.4 Å². The van der Waals surface area contributed by atoms with Crippen molar-refractivity contribution in [3.05, 3.63) is 46.9 Å². The Morgan fingerprint density at radius 3 is 2.53 bits per heavy atom. The Hall–Kier alpha value is -1.67. The lowest BCUT2D eigenvalue weighted by molar-refractivity contribution is 0.599. The van der Waals surface area contributed by atoms with Gasteiger partial charge in [-0.3, -0.25) is 9.71 Å². The second-order valence-corrected chi connectivity index (χ2v) is 6.15. The molecule has 3 N–H and O–H groups in total. The number of anilines is 2. The molecule has 1 aromatic carbocycles. The lowest BCUT2D eigenvalue weighted by Crippen LogP contribution is -2.15. The molecule has 19 heavy (non-hydrogen) atoms. The third-order valence-corrected chi connectivity index (χ3v) is 4.32. The highest BCUT2D eigenvalue weighted by atomic mass is 79.9. The quantitative estimate of drug-likeness (QED) is 0.836. The standard InChI is InChI=1S/C11H9BrFN3O2S/c12-8-5-11(10(14)6-9(8)13)19(17,18)16-7-1-3-15-4-2-7/h1-6H,14H2,(H,15,16). The maximum atomic E-state index is 13.2. The summed E-state index contributed by atoms with van der Waals surface area (Å²) in [6, 6.07) is 5.05. The summed E-state index contributed by atoms with van der Waals surface area (Å²) < 4.78 is 39.8. The number of sulfonamides is 1. The zero-order valence-electron chi connectivity index (χ0n) is 9.47. The molecule has 8 heteroatoms. The summed E-state index contributed by atoms with van der Waals surface area (Å²) in [5, 5.41) is 0. The minimum absolute atomic E-state index is 0.0248. The van der Waals surface area contributed by atoms with Crippen LogP contribution in [0.1, 0.15) is 0 Å². The molecule has 0 radical (unpaired) electrons. The highest BCUT2D eigenvalue weighted by Crippen LogP contribution is 2.27. The maximum absolute atomic E-state index is 13.2. The van der Waals surface area contributed by atoms with E-state index in [2.05, 4.69) is 25.6 Å². The van der Waals surface area contributed by atoms with Crippen LogP contribution < -0.4 is 10.5 Å². The van der Waals surface area contributed by atoms with E-state index in [0.717, 1.165) is 12.1 Å². The third kappa shape index (κ3) is 3.02. The van der Waals surface area contributed by atoms with Crippen LogP contribution in [0, 0.1) is 5.82 Å². The molecular weight excluding hydrogens is 337 g/mol. The predicted octanol–water partition coefficient (Wildman–Crippen LogP) is 2.37. The van der Waals surface area contributed by atoms with Crippen LogP contribution in [0.25, 0.3) is 0 Å². The Morgan fingerprint density at radius 1 is 1.26 bits per heavy atom. The second kappa shape index (κ2) is 5.14. The minimum atomic E-state index is -3.88. The Balaban J connectivity index is 2.43. The molecule has 5 nitrogen and oxygen atoms in total. The fourth-order valence-electron chi connectivity index (χ4n) is 1.41. The smallest absolute Gasteiger partial charge is 0.263 e. The molecule has 0 atom stereocenters. The molecule has 0 fully saturated rings. The number of nitrogen functional groups attached to an aromatic ring is 1. The van der Waals surface area contributed by atoms with Crippen molar-refractivity contribution in [3.63, 3.8) is 0 Å². The molecule has 0 saturated carbocycles. The van der Waals surface area contributed by atoms with E-state index in [9.17, 15) is 12.8 Å². The number of nitrogens with one attached hydrogen (secondary N) is 1.